The summed E-state index contributed by atoms with van der Waals surface area (Å²) >= 11 is 0. The second-order valence-corrected chi connectivity index (χ2v) is 6.87. The third-order valence-corrected chi connectivity index (χ3v) is 4.59. The third-order valence-electron chi connectivity index (χ3n) is 4.59. The Balaban J connectivity index is 2.17. The standard InChI is InChI=1S/C15H32N4O/c1-15(2,14(16)17-20)9-5-6-10-18(3)12-13-8-7-11-19(13)4/h13,20H,5-12H2,1-4H3,(H2,16,17). The second-order valence-electron chi connectivity index (χ2n) is 6.87. The number of nitrogens with two attached hydrogens (primary N) is 1. The molecule has 5 heteroatoms. The van der Waals surface area contributed by atoms with Crippen molar-refractivity contribution in [3.63, 3.8) is 0 Å². The van der Waals surface area contributed by atoms with Crippen molar-refractivity contribution < 1.29 is 5.21 Å². The highest BCUT2D eigenvalue weighted by Gasteiger charge is 2.24. The van der Waals surface area contributed by atoms with E-state index in [2.05, 4.69) is 29.1 Å². The van der Waals surface area contributed by atoms with Gasteiger partial charge in [-0.05, 0) is 52.9 Å². The van der Waals surface area contributed by atoms with E-state index in [4.69, 9.17) is 10.9 Å². The van der Waals surface area contributed by atoms with Crippen LogP contribution in [-0.2, 0) is 0 Å². The molecule has 0 saturated carbocycles. The van der Waals surface area contributed by atoms with Crippen molar-refractivity contribution in [2.45, 2.75) is 52.0 Å². The first-order chi connectivity index (χ1) is 9.36. The van der Waals surface area contributed by atoms with E-state index in [0.717, 1.165) is 31.8 Å². The largest absolute Gasteiger partial charge is 0.409 e. The van der Waals surface area contributed by atoms with Gasteiger partial charge in [0, 0.05) is 18.0 Å². The van der Waals surface area contributed by atoms with E-state index in [1.807, 2.05) is 13.8 Å². The van der Waals surface area contributed by atoms with Gasteiger partial charge in [0.1, 0.15) is 5.84 Å². The Morgan fingerprint density at radius 3 is 2.70 bits per heavy atom. The fraction of sp³-hybridized carbons (Fsp3) is 0.933. The highest BCUT2D eigenvalue weighted by molar-refractivity contribution is 5.85. The lowest BCUT2D eigenvalue weighted by Gasteiger charge is -2.26. The molecule has 3 N–H and O–H groups in total. The maximum atomic E-state index is 8.75. The molecular formula is C15H32N4O. The molecule has 20 heavy (non-hydrogen) atoms. The monoisotopic (exact) mass is 284 g/mol. The lowest BCUT2D eigenvalue weighted by molar-refractivity contribution is 0.216. The molecule has 1 aliphatic rings. The fourth-order valence-electron chi connectivity index (χ4n) is 2.87. The first-order valence-corrected chi connectivity index (χ1v) is 7.73. The van der Waals surface area contributed by atoms with E-state index in [0.29, 0.717) is 5.84 Å². The van der Waals surface area contributed by atoms with Gasteiger partial charge < -0.3 is 20.7 Å². The minimum absolute atomic E-state index is 0.209. The zero-order valence-electron chi connectivity index (χ0n) is 13.6. The van der Waals surface area contributed by atoms with Crippen molar-refractivity contribution >= 4 is 5.84 Å². The highest BCUT2D eigenvalue weighted by atomic mass is 16.4. The lowest BCUT2D eigenvalue weighted by Crippen LogP contribution is -2.37. The van der Waals surface area contributed by atoms with Crippen molar-refractivity contribution in [1.82, 2.24) is 9.80 Å². The zero-order chi connectivity index (χ0) is 15.2. The fourth-order valence-corrected chi connectivity index (χ4v) is 2.87. The number of hydrogen-bond acceptors (Lipinski definition) is 4. The number of nitrogens with zero attached hydrogens (tertiary/aromatic N) is 3. The van der Waals surface area contributed by atoms with Crippen LogP contribution < -0.4 is 5.73 Å². The molecule has 1 aliphatic heterocycles. The molecule has 5 nitrogen and oxygen atoms in total. The molecule has 0 aromatic carbocycles. The maximum Gasteiger partial charge on any atom is 0.144 e. The van der Waals surface area contributed by atoms with Gasteiger partial charge in [-0.15, -0.1) is 0 Å². The Kier molecular flexibility index (Phi) is 6.76. The van der Waals surface area contributed by atoms with Crippen molar-refractivity contribution in [1.29, 1.82) is 0 Å². The number of hydrogen-bond donors (Lipinski definition) is 2. The summed E-state index contributed by atoms with van der Waals surface area (Å²) in [5, 5.41) is 11.9. The van der Waals surface area contributed by atoms with Crippen LogP contribution in [0.2, 0.25) is 0 Å². The molecule has 1 saturated heterocycles. The predicted octanol–water partition coefficient (Wildman–Crippen LogP) is 1.96. The summed E-state index contributed by atoms with van der Waals surface area (Å²) in [4.78, 5) is 4.90. The van der Waals surface area contributed by atoms with Crippen LogP contribution in [0.25, 0.3) is 0 Å². The normalized spacial score (nSPS) is 21.9. The molecule has 1 unspecified atom stereocenters. The van der Waals surface area contributed by atoms with E-state index < -0.39 is 0 Å². The van der Waals surface area contributed by atoms with Crippen molar-refractivity contribution in [3.05, 3.63) is 0 Å². The van der Waals surface area contributed by atoms with E-state index in [1.54, 1.807) is 0 Å². The first-order valence-electron chi connectivity index (χ1n) is 7.73. The molecule has 0 aromatic heterocycles. The summed E-state index contributed by atoms with van der Waals surface area (Å²) in [6.07, 6.45) is 5.89. The van der Waals surface area contributed by atoms with Crippen molar-refractivity contribution in [2.24, 2.45) is 16.3 Å². The molecule has 0 radical (unpaired) electrons. The Morgan fingerprint density at radius 2 is 2.15 bits per heavy atom. The molecular weight excluding hydrogens is 252 g/mol. The number of rotatable bonds is 8. The van der Waals surface area contributed by atoms with Gasteiger partial charge in [-0.3, -0.25) is 0 Å². The minimum atomic E-state index is -0.209. The number of oxime groups is 1. The van der Waals surface area contributed by atoms with Gasteiger partial charge in [-0.2, -0.15) is 0 Å². The zero-order valence-corrected chi connectivity index (χ0v) is 13.6. The molecule has 1 fully saturated rings. The van der Waals surface area contributed by atoms with Gasteiger partial charge in [0.2, 0.25) is 0 Å². The molecule has 118 valence electrons. The van der Waals surface area contributed by atoms with Crippen LogP contribution in [0.15, 0.2) is 5.16 Å². The topological polar surface area (TPSA) is 65.1 Å². The highest BCUT2D eigenvalue weighted by Crippen LogP contribution is 2.23. The summed E-state index contributed by atoms with van der Waals surface area (Å²) in [5.74, 6) is 0.332. The number of amidine groups is 1. The average Bonchev–Trinajstić information content (AvgIpc) is 2.79. The number of likely N-dealkylation sites (tertiary alicyclic amines) is 1. The van der Waals surface area contributed by atoms with Crippen LogP contribution >= 0.6 is 0 Å². The van der Waals surface area contributed by atoms with E-state index in [-0.39, 0.29) is 5.41 Å². The molecule has 0 aromatic rings. The average molecular weight is 284 g/mol. The third kappa shape index (κ3) is 5.29. The van der Waals surface area contributed by atoms with Crippen LogP contribution in [0.1, 0.15) is 46.0 Å². The van der Waals surface area contributed by atoms with Gasteiger partial charge in [0.15, 0.2) is 0 Å². The van der Waals surface area contributed by atoms with Gasteiger partial charge in [0.25, 0.3) is 0 Å². The second kappa shape index (κ2) is 7.84. The van der Waals surface area contributed by atoms with Crippen molar-refractivity contribution in [2.75, 3.05) is 33.7 Å². The Labute approximate surface area is 123 Å². The van der Waals surface area contributed by atoms with Gasteiger partial charge in [-0.25, -0.2) is 0 Å². The van der Waals surface area contributed by atoms with Crippen LogP contribution in [0.5, 0.6) is 0 Å². The Morgan fingerprint density at radius 1 is 1.45 bits per heavy atom. The Bertz CT molecular complexity index is 317. The molecule has 1 rings (SSSR count). The summed E-state index contributed by atoms with van der Waals surface area (Å²) in [5.41, 5.74) is 5.49. The molecule has 1 atom stereocenters. The first kappa shape index (κ1) is 17.2. The molecule has 0 spiro atoms. The van der Waals surface area contributed by atoms with E-state index in [1.165, 1.54) is 25.9 Å². The van der Waals surface area contributed by atoms with E-state index >= 15 is 0 Å². The van der Waals surface area contributed by atoms with Crippen LogP contribution in [0.4, 0.5) is 0 Å². The maximum absolute atomic E-state index is 8.75. The van der Waals surface area contributed by atoms with Gasteiger partial charge in [0.05, 0.1) is 0 Å². The predicted molar refractivity (Wildman–Crippen MR) is 84.2 cm³/mol. The van der Waals surface area contributed by atoms with Gasteiger partial charge in [-0.1, -0.05) is 25.4 Å². The molecule has 0 amide bonds. The molecule has 1 heterocycles. The number of likely N-dealkylation sites (N-methyl/N-ethyl adjacent to an activating group) is 2. The quantitative estimate of drug-likeness (QED) is 0.235. The number of unbranched alkanes of at least 4 members (excludes halogenated alkanes) is 1. The van der Waals surface area contributed by atoms with Crippen molar-refractivity contribution in [3.8, 4) is 0 Å². The van der Waals surface area contributed by atoms with Crippen LogP contribution in [-0.4, -0.2) is 60.6 Å². The van der Waals surface area contributed by atoms with Crippen LogP contribution in [0.3, 0.4) is 0 Å². The smallest absolute Gasteiger partial charge is 0.144 e. The minimum Gasteiger partial charge on any atom is -0.409 e. The summed E-state index contributed by atoms with van der Waals surface area (Å²) < 4.78 is 0. The molecule has 0 bridgehead atoms. The summed E-state index contributed by atoms with van der Waals surface area (Å²) in [6.45, 7) is 7.59. The van der Waals surface area contributed by atoms with Gasteiger partial charge >= 0.3 is 0 Å². The van der Waals surface area contributed by atoms with Crippen LogP contribution in [0, 0.1) is 5.41 Å². The summed E-state index contributed by atoms with van der Waals surface area (Å²) in [7, 11) is 4.44. The molecule has 0 aliphatic carbocycles. The van der Waals surface area contributed by atoms with E-state index in [9.17, 15) is 0 Å². The summed E-state index contributed by atoms with van der Waals surface area (Å²) in [6, 6.07) is 0.730. The Hall–Kier alpha value is -0.810. The SMILES string of the molecule is CN(CCCCC(C)(C)C(N)=NO)CC1CCCN1C. The lowest BCUT2D eigenvalue weighted by atomic mass is 9.86.